The molecule has 1 N–H and O–H groups in total. The first-order chi connectivity index (χ1) is 11.5. The number of aromatic nitrogens is 1. The highest BCUT2D eigenvalue weighted by Crippen LogP contribution is 2.29. The minimum Gasteiger partial charge on any atom is -0.488 e. The summed E-state index contributed by atoms with van der Waals surface area (Å²) in [5.41, 5.74) is 2.90. The van der Waals surface area contributed by atoms with Crippen molar-refractivity contribution in [3.05, 3.63) is 65.6 Å². The van der Waals surface area contributed by atoms with E-state index in [1.54, 1.807) is 12.1 Å². The molecule has 0 aliphatic heterocycles. The fourth-order valence-electron chi connectivity index (χ4n) is 2.58. The number of aryl methyl sites for hydroxylation is 1. The van der Waals surface area contributed by atoms with Gasteiger partial charge in [0, 0.05) is 32.1 Å². The number of halogens is 1. The van der Waals surface area contributed by atoms with Gasteiger partial charge in [-0.3, -0.25) is 4.79 Å². The number of carbonyl (C=O) groups excluding carboxylic acids is 1. The largest absolute Gasteiger partial charge is 0.488 e. The number of rotatable bonds is 5. The molecule has 1 heterocycles. The van der Waals surface area contributed by atoms with E-state index in [0.29, 0.717) is 13.2 Å². The van der Waals surface area contributed by atoms with Crippen molar-refractivity contribution in [1.82, 2.24) is 9.88 Å². The summed E-state index contributed by atoms with van der Waals surface area (Å²) in [7, 11) is 1.97. The lowest BCUT2D eigenvalue weighted by Crippen LogP contribution is -2.18. The summed E-state index contributed by atoms with van der Waals surface area (Å²) in [5, 5.41) is 3.81. The van der Waals surface area contributed by atoms with Gasteiger partial charge in [0.2, 0.25) is 5.91 Å². The van der Waals surface area contributed by atoms with E-state index in [0.717, 1.165) is 27.8 Å². The molecule has 0 bridgehead atoms. The third kappa shape index (κ3) is 3.56. The van der Waals surface area contributed by atoms with Crippen molar-refractivity contribution in [2.45, 2.75) is 20.1 Å². The molecule has 24 heavy (non-hydrogen) atoms. The van der Waals surface area contributed by atoms with Gasteiger partial charge < -0.3 is 14.6 Å². The standard InChI is InChI=1S/C19H19FN2O2/c1-13(23)21-11-15-9-18-17(7-8-22(18)2)19(10-15)24-12-14-3-5-16(20)6-4-14/h3-10H,11-12H2,1-2H3,(H,21,23). The second kappa shape index (κ2) is 6.74. The molecule has 1 aromatic heterocycles. The fourth-order valence-corrected chi connectivity index (χ4v) is 2.58. The molecule has 3 aromatic rings. The highest BCUT2D eigenvalue weighted by atomic mass is 19.1. The highest BCUT2D eigenvalue weighted by molar-refractivity contribution is 5.87. The van der Waals surface area contributed by atoms with Crippen molar-refractivity contribution in [1.29, 1.82) is 0 Å². The van der Waals surface area contributed by atoms with Crippen LogP contribution in [0.4, 0.5) is 4.39 Å². The molecule has 4 nitrogen and oxygen atoms in total. The number of benzene rings is 2. The Labute approximate surface area is 139 Å². The minimum atomic E-state index is -0.262. The van der Waals surface area contributed by atoms with Gasteiger partial charge in [-0.1, -0.05) is 12.1 Å². The van der Waals surface area contributed by atoms with Gasteiger partial charge in [-0.25, -0.2) is 4.39 Å². The molecule has 0 unspecified atom stereocenters. The Kier molecular flexibility index (Phi) is 4.51. The van der Waals surface area contributed by atoms with E-state index >= 15 is 0 Å². The van der Waals surface area contributed by atoms with Gasteiger partial charge in [0.25, 0.3) is 0 Å². The fraction of sp³-hybridized carbons (Fsp3) is 0.211. The first kappa shape index (κ1) is 16.1. The van der Waals surface area contributed by atoms with Crippen molar-refractivity contribution < 1.29 is 13.9 Å². The molecule has 5 heteroatoms. The maximum atomic E-state index is 13.0. The third-order valence-electron chi connectivity index (χ3n) is 3.87. The summed E-state index contributed by atoms with van der Waals surface area (Å²) in [6, 6.07) is 12.2. The van der Waals surface area contributed by atoms with E-state index in [1.807, 2.05) is 36.0 Å². The normalized spacial score (nSPS) is 10.8. The van der Waals surface area contributed by atoms with Crippen LogP contribution >= 0.6 is 0 Å². The number of fused-ring (bicyclic) bond motifs is 1. The Bertz CT molecular complexity index is 869. The van der Waals surface area contributed by atoms with Crippen LogP contribution in [0.15, 0.2) is 48.7 Å². The smallest absolute Gasteiger partial charge is 0.217 e. The van der Waals surface area contributed by atoms with E-state index in [-0.39, 0.29) is 11.7 Å². The van der Waals surface area contributed by atoms with Crippen LogP contribution in [0.25, 0.3) is 10.9 Å². The van der Waals surface area contributed by atoms with E-state index in [9.17, 15) is 9.18 Å². The van der Waals surface area contributed by atoms with Gasteiger partial charge >= 0.3 is 0 Å². The average molecular weight is 326 g/mol. The van der Waals surface area contributed by atoms with Crippen LogP contribution in [0.3, 0.4) is 0 Å². The van der Waals surface area contributed by atoms with Crippen molar-refractivity contribution in [2.24, 2.45) is 7.05 Å². The highest BCUT2D eigenvalue weighted by Gasteiger charge is 2.09. The lowest BCUT2D eigenvalue weighted by atomic mass is 10.1. The number of carbonyl (C=O) groups is 1. The summed E-state index contributed by atoms with van der Waals surface area (Å²) < 4.78 is 21.0. The minimum absolute atomic E-state index is 0.0734. The molecule has 3 rings (SSSR count). The molecular weight excluding hydrogens is 307 g/mol. The Morgan fingerprint density at radius 2 is 1.92 bits per heavy atom. The molecular formula is C19H19FN2O2. The SMILES string of the molecule is CC(=O)NCc1cc(OCc2ccc(F)cc2)c2ccn(C)c2c1. The Hall–Kier alpha value is -2.82. The summed E-state index contributed by atoms with van der Waals surface area (Å²) >= 11 is 0. The summed E-state index contributed by atoms with van der Waals surface area (Å²) in [5.74, 6) is 0.412. The zero-order valence-electron chi connectivity index (χ0n) is 13.7. The average Bonchev–Trinajstić information content (AvgIpc) is 2.94. The molecule has 0 aliphatic rings. The molecule has 0 saturated carbocycles. The molecule has 0 spiro atoms. The lowest BCUT2D eigenvalue weighted by Gasteiger charge is -2.11. The van der Waals surface area contributed by atoms with E-state index in [4.69, 9.17) is 4.74 Å². The molecule has 0 fully saturated rings. The number of amides is 1. The number of ether oxygens (including phenoxy) is 1. The van der Waals surface area contributed by atoms with E-state index in [2.05, 4.69) is 5.32 Å². The first-order valence-electron chi connectivity index (χ1n) is 7.72. The van der Waals surface area contributed by atoms with Gasteiger partial charge in [0.05, 0.1) is 5.52 Å². The zero-order chi connectivity index (χ0) is 17.1. The zero-order valence-corrected chi connectivity index (χ0v) is 13.7. The Morgan fingerprint density at radius 1 is 1.17 bits per heavy atom. The lowest BCUT2D eigenvalue weighted by molar-refractivity contribution is -0.119. The van der Waals surface area contributed by atoms with Crippen molar-refractivity contribution in [3.63, 3.8) is 0 Å². The number of hydrogen-bond acceptors (Lipinski definition) is 2. The summed E-state index contributed by atoms with van der Waals surface area (Å²) in [6.07, 6.45) is 1.97. The van der Waals surface area contributed by atoms with Gasteiger partial charge in [-0.05, 0) is 41.5 Å². The van der Waals surface area contributed by atoms with E-state index < -0.39 is 0 Å². The van der Waals surface area contributed by atoms with Crippen LogP contribution in [-0.4, -0.2) is 10.5 Å². The van der Waals surface area contributed by atoms with Gasteiger partial charge in [0.1, 0.15) is 18.2 Å². The van der Waals surface area contributed by atoms with Crippen LogP contribution in [0.1, 0.15) is 18.1 Å². The van der Waals surface area contributed by atoms with Crippen molar-refractivity contribution in [2.75, 3.05) is 0 Å². The van der Waals surface area contributed by atoms with Gasteiger partial charge in [-0.15, -0.1) is 0 Å². The maximum absolute atomic E-state index is 13.0. The topological polar surface area (TPSA) is 43.3 Å². The predicted molar refractivity (Wildman–Crippen MR) is 91.2 cm³/mol. The quantitative estimate of drug-likeness (QED) is 0.779. The van der Waals surface area contributed by atoms with E-state index in [1.165, 1.54) is 19.1 Å². The van der Waals surface area contributed by atoms with Gasteiger partial charge in [0.15, 0.2) is 0 Å². The third-order valence-corrected chi connectivity index (χ3v) is 3.87. The second-order valence-electron chi connectivity index (χ2n) is 5.78. The first-order valence-corrected chi connectivity index (χ1v) is 7.72. The summed E-state index contributed by atoms with van der Waals surface area (Å²) in [6.45, 7) is 2.30. The monoisotopic (exact) mass is 326 g/mol. The number of nitrogens with zero attached hydrogens (tertiary/aromatic N) is 1. The van der Waals surface area contributed by atoms with Crippen LogP contribution in [-0.2, 0) is 25.0 Å². The van der Waals surface area contributed by atoms with Gasteiger partial charge in [-0.2, -0.15) is 0 Å². The molecule has 0 atom stereocenters. The Balaban J connectivity index is 1.87. The maximum Gasteiger partial charge on any atom is 0.217 e. The molecule has 0 aliphatic carbocycles. The molecule has 2 aromatic carbocycles. The van der Waals surface area contributed by atoms with Crippen LogP contribution < -0.4 is 10.1 Å². The molecule has 124 valence electrons. The number of hydrogen-bond donors (Lipinski definition) is 1. The van der Waals surface area contributed by atoms with Crippen molar-refractivity contribution in [3.8, 4) is 5.75 Å². The predicted octanol–water partition coefficient (Wildman–Crippen LogP) is 3.53. The van der Waals surface area contributed by atoms with Crippen molar-refractivity contribution >= 4 is 16.8 Å². The molecule has 0 radical (unpaired) electrons. The second-order valence-corrected chi connectivity index (χ2v) is 5.78. The summed E-state index contributed by atoms with van der Waals surface area (Å²) in [4.78, 5) is 11.1. The molecule has 0 saturated heterocycles. The van der Waals surface area contributed by atoms with Crippen LogP contribution in [0, 0.1) is 5.82 Å². The Morgan fingerprint density at radius 3 is 2.62 bits per heavy atom. The van der Waals surface area contributed by atoms with Crippen LogP contribution in [0.5, 0.6) is 5.75 Å². The van der Waals surface area contributed by atoms with Crippen LogP contribution in [0.2, 0.25) is 0 Å². The molecule has 1 amide bonds. The number of nitrogens with one attached hydrogen (secondary N) is 1.